The number of aromatic amines is 1. The van der Waals surface area contributed by atoms with Crippen LogP contribution in [0.15, 0.2) is 97.7 Å². The van der Waals surface area contributed by atoms with Crippen LogP contribution in [-0.4, -0.2) is 44.8 Å². The van der Waals surface area contributed by atoms with Crippen LogP contribution in [0, 0.1) is 0 Å². The molecule has 2 heterocycles. The molecule has 1 aliphatic carbocycles. The predicted molar refractivity (Wildman–Crippen MR) is 167 cm³/mol. The maximum absolute atomic E-state index is 12.9. The molecule has 6 rings (SSSR count). The Bertz CT molecular complexity index is 1720. The molecule has 0 saturated carbocycles. The van der Waals surface area contributed by atoms with Crippen molar-refractivity contribution in [3.05, 3.63) is 120 Å². The summed E-state index contributed by atoms with van der Waals surface area (Å²) < 4.78 is 6.41. The van der Waals surface area contributed by atoms with Gasteiger partial charge in [0.05, 0.1) is 12.7 Å². The molecule has 10 nitrogen and oxygen atoms in total. The average Bonchev–Trinajstić information content (AvgIpc) is 3.71. The van der Waals surface area contributed by atoms with Crippen molar-refractivity contribution in [1.29, 1.82) is 0 Å². The first-order valence-corrected chi connectivity index (χ1v) is 14.5. The Morgan fingerprint density at radius 2 is 1.82 bits per heavy atom. The number of fused-ring (bicyclic) bond motifs is 1. The number of likely N-dealkylation sites (N-methyl/N-ethyl adjacent to an activating group) is 1. The molecular formula is C34H33N7O3. The maximum Gasteiger partial charge on any atom is 0.242 e. The number of nitrogens with zero attached hydrogens (tertiary/aromatic N) is 3. The number of benzene rings is 3. The first-order chi connectivity index (χ1) is 21.5. The van der Waals surface area contributed by atoms with Crippen LogP contribution in [0.2, 0.25) is 0 Å². The van der Waals surface area contributed by atoms with Crippen molar-refractivity contribution in [3.63, 3.8) is 0 Å². The molecule has 10 heteroatoms. The molecule has 0 aliphatic heterocycles. The largest absolute Gasteiger partial charge is 0.486 e. The second-order valence-corrected chi connectivity index (χ2v) is 10.7. The molecule has 222 valence electrons. The number of aromatic nitrogens is 4. The van der Waals surface area contributed by atoms with E-state index in [0.717, 1.165) is 46.5 Å². The van der Waals surface area contributed by atoms with E-state index >= 15 is 0 Å². The molecule has 0 spiro atoms. The number of H-pyrrole nitrogens is 1. The minimum atomic E-state index is -0.706. The summed E-state index contributed by atoms with van der Waals surface area (Å²) in [6, 6.07) is 23.1. The predicted octanol–water partition coefficient (Wildman–Crippen LogP) is 4.69. The van der Waals surface area contributed by atoms with E-state index in [1.807, 2.05) is 67.0 Å². The lowest BCUT2D eigenvalue weighted by atomic mass is 10.0. The Morgan fingerprint density at radius 1 is 0.977 bits per heavy atom. The topological polar surface area (TPSA) is 134 Å². The third-order valence-electron chi connectivity index (χ3n) is 7.60. The molecule has 0 unspecified atom stereocenters. The molecule has 3 aromatic carbocycles. The summed E-state index contributed by atoms with van der Waals surface area (Å²) >= 11 is 0. The lowest BCUT2D eigenvalue weighted by Crippen LogP contribution is -2.47. The number of para-hydroxylation sites is 1. The molecule has 0 saturated heterocycles. The zero-order valence-corrected chi connectivity index (χ0v) is 24.3. The zero-order valence-electron chi connectivity index (χ0n) is 24.3. The standard InChI is InChI=1S/C34H33N7O3/c1-35-33(43)30(17-27-20-36-21-39-27)41-32(42)15-22-6-5-9-28(14-22)44-31-13-11-24-16-23(10-12-29(24)31)25-18-37-34(38-19-25)40-26-7-3-2-4-8-26/h2-10,12,14,16,18-21,30-31H,11,13,15,17H2,1H3,(H,35,43)(H,36,39)(H,41,42)(H,37,38,40)/t30-,31-/m0/s1. The minimum Gasteiger partial charge on any atom is -0.486 e. The van der Waals surface area contributed by atoms with E-state index < -0.39 is 6.04 Å². The summed E-state index contributed by atoms with van der Waals surface area (Å²) in [4.78, 5) is 41.2. The number of imidazole rings is 1. The van der Waals surface area contributed by atoms with Gasteiger partial charge in [-0.2, -0.15) is 0 Å². The summed E-state index contributed by atoms with van der Waals surface area (Å²) in [5.41, 5.74) is 6.92. The van der Waals surface area contributed by atoms with Gasteiger partial charge in [-0.15, -0.1) is 0 Å². The van der Waals surface area contributed by atoms with Crippen molar-refractivity contribution < 1.29 is 14.3 Å². The van der Waals surface area contributed by atoms with Gasteiger partial charge >= 0.3 is 0 Å². The summed E-state index contributed by atoms with van der Waals surface area (Å²) in [7, 11) is 1.55. The van der Waals surface area contributed by atoms with E-state index in [1.54, 1.807) is 19.6 Å². The Morgan fingerprint density at radius 3 is 2.59 bits per heavy atom. The van der Waals surface area contributed by atoms with Gasteiger partial charge in [0.2, 0.25) is 17.8 Å². The number of ether oxygens (including phenoxy) is 1. The van der Waals surface area contributed by atoms with Gasteiger partial charge in [-0.25, -0.2) is 15.0 Å². The third-order valence-corrected chi connectivity index (χ3v) is 7.60. The molecule has 0 bridgehead atoms. The van der Waals surface area contributed by atoms with Crippen molar-refractivity contribution in [2.24, 2.45) is 0 Å². The van der Waals surface area contributed by atoms with Crippen molar-refractivity contribution in [2.75, 3.05) is 12.4 Å². The molecule has 5 aromatic rings. The Labute approximate surface area is 255 Å². The number of nitrogens with one attached hydrogen (secondary N) is 4. The molecule has 2 amide bonds. The van der Waals surface area contributed by atoms with Crippen molar-refractivity contribution in [1.82, 2.24) is 30.6 Å². The maximum atomic E-state index is 12.9. The molecule has 4 N–H and O–H groups in total. The van der Waals surface area contributed by atoms with Crippen molar-refractivity contribution in [2.45, 2.75) is 37.8 Å². The molecule has 2 atom stereocenters. The number of carbonyl (C=O) groups is 2. The van der Waals surface area contributed by atoms with Gasteiger partial charge < -0.3 is 25.7 Å². The van der Waals surface area contributed by atoms with Gasteiger partial charge in [0.15, 0.2) is 0 Å². The molecule has 0 radical (unpaired) electrons. The van der Waals surface area contributed by atoms with Gasteiger partial charge in [0, 0.05) is 49.0 Å². The monoisotopic (exact) mass is 587 g/mol. The van der Waals surface area contributed by atoms with Crippen LogP contribution in [-0.2, 0) is 28.9 Å². The number of amides is 2. The van der Waals surface area contributed by atoms with Gasteiger partial charge in [-0.1, -0.05) is 48.5 Å². The second kappa shape index (κ2) is 13.2. The lowest BCUT2D eigenvalue weighted by molar-refractivity contribution is -0.128. The van der Waals surface area contributed by atoms with Gasteiger partial charge in [-0.05, 0) is 59.4 Å². The van der Waals surface area contributed by atoms with Gasteiger partial charge in [0.1, 0.15) is 17.9 Å². The number of rotatable bonds is 11. The average molecular weight is 588 g/mol. The van der Waals surface area contributed by atoms with Crippen LogP contribution in [0.3, 0.4) is 0 Å². The first kappa shape index (κ1) is 28.6. The van der Waals surface area contributed by atoms with Crippen LogP contribution in [0.25, 0.3) is 11.1 Å². The summed E-state index contributed by atoms with van der Waals surface area (Å²) in [6.07, 6.45) is 8.98. The normalized spacial score (nSPS) is 14.3. The van der Waals surface area contributed by atoms with E-state index in [4.69, 9.17) is 4.74 Å². The number of hydrogen-bond acceptors (Lipinski definition) is 7. The highest BCUT2D eigenvalue weighted by molar-refractivity contribution is 5.88. The fourth-order valence-electron chi connectivity index (χ4n) is 5.40. The lowest BCUT2D eigenvalue weighted by Gasteiger charge is -2.18. The van der Waals surface area contributed by atoms with E-state index in [2.05, 4.69) is 54.1 Å². The van der Waals surface area contributed by atoms with E-state index in [1.165, 1.54) is 5.56 Å². The first-order valence-electron chi connectivity index (χ1n) is 14.5. The highest BCUT2D eigenvalue weighted by Gasteiger charge is 2.25. The SMILES string of the molecule is CNC(=O)[C@H](Cc1cnc[nH]1)NC(=O)Cc1cccc(O[C@H]2CCc3cc(-c4cnc(Nc5ccccc5)nc4)ccc32)c1. The molecule has 0 fully saturated rings. The van der Waals surface area contributed by atoms with E-state index in [0.29, 0.717) is 18.1 Å². The van der Waals surface area contributed by atoms with Crippen molar-refractivity contribution >= 4 is 23.5 Å². The number of anilines is 2. The Balaban J connectivity index is 1.07. The summed E-state index contributed by atoms with van der Waals surface area (Å²) in [6.45, 7) is 0. The number of hydrogen-bond donors (Lipinski definition) is 4. The quantitative estimate of drug-likeness (QED) is 0.176. The van der Waals surface area contributed by atoms with Crippen LogP contribution in [0.5, 0.6) is 5.75 Å². The van der Waals surface area contributed by atoms with Crippen LogP contribution >= 0.6 is 0 Å². The molecule has 2 aromatic heterocycles. The number of aryl methyl sites for hydroxylation is 1. The summed E-state index contributed by atoms with van der Waals surface area (Å²) in [5, 5.41) is 8.66. The zero-order chi connectivity index (χ0) is 30.3. The second-order valence-electron chi connectivity index (χ2n) is 10.7. The van der Waals surface area contributed by atoms with Gasteiger partial charge in [-0.3, -0.25) is 9.59 Å². The van der Waals surface area contributed by atoms with Crippen LogP contribution < -0.4 is 20.7 Å². The highest BCUT2D eigenvalue weighted by atomic mass is 16.5. The summed E-state index contributed by atoms with van der Waals surface area (Å²) in [5.74, 6) is 0.738. The number of carbonyl (C=O) groups excluding carboxylic acids is 2. The van der Waals surface area contributed by atoms with Crippen LogP contribution in [0.4, 0.5) is 11.6 Å². The van der Waals surface area contributed by atoms with Crippen molar-refractivity contribution in [3.8, 4) is 16.9 Å². The Hall–Kier alpha value is -5.51. The molecule has 1 aliphatic rings. The molecule has 44 heavy (non-hydrogen) atoms. The van der Waals surface area contributed by atoms with Crippen LogP contribution in [0.1, 0.15) is 34.9 Å². The Kier molecular flexibility index (Phi) is 8.58. The van der Waals surface area contributed by atoms with Gasteiger partial charge in [0.25, 0.3) is 0 Å². The highest BCUT2D eigenvalue weighted by Crippen LogP contribution is 2.37. The smallest absolute Gasteiger partial charge is 0.242 e. The van der Waals surface area contributed by atoms with E-state index in [-0.39, 0.29) is 24.3 Å². The van der Waals surface area contributed by atoms with E-state index in [9.17, 15) is 9.59 Å². The molecular weight excluding hydrogens is 554 g/mol. The fraction of sp³-hybridized carbons (Fsp3) is 0.206. The third kappa shape index (κ3) is 6.92. The fourth-order valence-corrected chi connectivity index (χ4v) is 5.40. The minimum absolute atomic E-state index is 0.0798.